The summed E-state index contributed by atoms with van der Waals surface area (Å²) in [4.78, 5) is 29.5. The highest BCUT2D eigenvalue weighted by Crippen LogP contribution is 2.22. The van der Waals surface area contributed by atoms with Crippen LogP contribution in [0.3, 0.4) is 0 Å². The van der Waals surface area contributed by atoms with Gasteiger partial charge in [0, 0.05) is 44.1 Å². The first-order valence-corrected chi connectivity index (χ1v) is 11.5. The van der Waals surface area contributed by atoms with Crippen molar-refractivity contribution in [3.05, 3.63) is 89.1 Å². The fourth-order valence-electron chi connectivity index (χ4n) is 4.53. The number of nitrogens with zero attached hydrogens (tertiary/aromatic N) is 7. The van der Waals surface area contributed by atoms with Gasteiger partial charge in [0.15, 0.2) is 5.65 Å². The van der Waals surface area contributed by atoms with E-state index in [1.54, 1.807) is 58.2 Å². The van der Waals surface area contributed by atoms with E-state index in [2.05, 4.69) is 10.2 Å². The van der Waals surface area contributed by atoms with Crippen molar-refractivity contribution in [2.24, 2.45) is 0 Å². The molecule has 1 saturated heterocycles. The quantitative estimate of drug-likeness (QED) is 0.388. The summed E-state index contributed by atoms with van der Waals surface area (Å²) in [6, 6.07) is 14.3. The molecule has 4 heterocycles. The molecule has 0 atom stereocenters. The second kappa shape index (κ2) is 8.59. The normalized spacial score (nSPS) is 14.2. The van der Waals surface area contributed by atoms with Gasteiger partial charge in [0.25, 0.3) is 0 Å². The molecule has 0 saturated carbocycles. The van der Waals surface area contributed by atoms with E-state index in [4.69, 9.17) is 0 Å². The molecule has 0 N–H and O–H groups in total. The molecular weight excluding hydrogens is 468 g/mol. The summed E-state index contributed by atoms with van der Waals surface area (Å²) in [5.41, 5.74) is 2.36. The van der Waals surface area contributed by atoms with Crippen LogP contribution in [-0.4, -0.2) is 60.8 Å². The molecule has 0 spiro atoms. The van der Waals surface area contributed by atoms with E-state index in [9.17, 15) is 18.4 Å². The number of rotatable bonds is 4. The van der Waals surface area contributed by atoms with Crippen LogP contribution < -0.4 is 10.6 Å². The van der Waals surface area contributed by atoms with Gasteiger partial charge in [0.1, 0.15) is 23.7 Å². The summed E-state index contributed by atoms with van der Waals surface area (Å²) in [5.74, 6) is -0.860. The van der Waals surface area contributed by atoms with Gasteiger partial charge in [-0.3, -0.25) is 4.79 Å². The molecule has 1 amide bonds. The third kappa shape index (κ3) is 3.78. The molecule has 1 fully saturated rings. The molecular formula is C25H21F2N7O2. The van der Waals surface area contributed by atoms with Crippen molar-refractivity contribution >= 4 is 22.8 Å². The maximum absolute atomic E-state index is 14.1. The number of piperazine rings is 1. The van der Waals surface area contributed by atoms with Crippen LogP contribution in [0, 0.1) is 11.6 Å². The summed E-state index contributed by atoms with van der Waals surface area (Å²) in [6.45, 7) is 1.63. The van der Waals surface area contributed by atoms with E-state index in [0.717, 1.165) is 10.2 Å². The molecule has 0 bridgehead atoms. The second-order valence-corrected chi connectivity index (χ2v) is 8.62. The molecule has 11 heteroatoms. The molecule has 1 aliphatic rings. The number of carbonyl (C=O) groups excluding carboxylic acids is 1. The Morgan fingerprint density at radius 2 is 1.67 bits per heavy atom. The van der Waals surface area contributed by atoms with Gasteiger partial charge in [-0.15, -0.1) is 5.10 Å². The molecule has 36 heavy (non-hydrogen) atoms. The summed E-state index contributed by atoms with van der Waals surface area (Å²) in [6.07, 6.45) is 3.18. The highest BCUT2D eigenvalue weighted by molar-refractivity contribution is 5.78. The largest absolute Gasteiger partial charge is 0.366 e. The Morgan fingerprint density at radius 3 is 2.42 bits per heavy atom. The van der Waals surface area contributed by atoms with Crippen LogP contribution in [0.4, 0.5) is 14.5 Å². The number of hydrogen-bond donors (Lipinski definition) is 0. The van der Waals surface area contributed by atoms with E-state index in [-0.39, 0.29) is 24.1 Å². The molecule has 0 radical (unpaired) electrons. The zero-order chi connectivity index (χ0) is 24.8. The van der Waals surface area contributed by atoms with Crippen molar-refractivity contribution in [3.8, 4) is 11.3 Å². The van der Waals surface area contributed by atoms with Crippen LogP contribution in [0.15, 0.2) is 71.8 Å². The standard InChI is InChI=1S/C25H21F2N7O2/c26-18-7-5-17(6-8-18)20-15-22-24-29-34(25(36)32(24)13-14-33(22)28-20)16-23(35)31-11-9-30(10-12-31)21-4-2-1-3-19(21)27/h1-8,13-15H,9-12,16H2. The third-order valence-electron chi connectivity index (χ3n) is 6.44. The van der Waals surface area contributed by atoms with Crippen LogP contribution in [0.1, 0.15) is 0 Å². The smallest absolute Gasteiger partial charge is 0.350 e. The molecule has 2 aromatic carbocycles. The molecule has 182 valence electrons. The van der Waals surface area contributed by atoms with Crippen molar-refractivity contribution in [3.63, 3.8) is 0 Å². The number of amides is 1. The summed E-state index contributed by atoms with van der Waals surface area (Å²) in [7, 11) is 0. The SMILES string of the molecule is O=C(Cn1nc2c3cc(-c4ccc(F)cc4)nn3ccn2c1=O)N1CCN(c2ccccc2F)CC1. The van der Waals surface area contributed by atoms with Crippen molar-refractivity contribution < 1.29 is 13.6 Å². The zero-order valence-electron chi connectivity index (χ0n) is 19.1. The molecule has 9 nitrogen and oxygen atoms in total. The third-order valence-corrected chi connectivity index (χ3v) is 6.44. The minimum Gasteiger partial charge on any atom is -0.366 e. The van der Waals surface area contributed by atoms with Gasteiger partial charge in [-0.2, -0.15) is 5.10 Å². The van der Waals surface area contributed by atoms with Crippen molar-refractivity contribution in [2.45, 2.75) is 6.54 Å². The number of aromatic nitrogens is 5. The Labute approximate surface area is 203 Å². The molecule has 6 rings (SSSR count). The molecule has 0 unspecified atom stereocenters. The molecule has 3 aromatic heterocycles. The Hall–Kier alpha value is -4.54. The number of benzene rings is 2. The average Bonchev–Trinajstić information content (AvgIpc) is 3.46. The number of halogens is 2. The second-order valence-electron chi connectivity index (χ2n) is 8.62. The number of fused-ring (bicyclic) bond motifs is 3. The highest BCUT2D eigenvalue weighted by atomic mass is 19.1. The fraction of sp³-hybridized carbons (Fsp3) is 0.200. The van der Waals surface area contributed by atoms with Gasteiger partial charge < -0.3 is 9.80 Å². The monoisotopic (exact) mass is 489 g/mol. The Morgan fingerprint density at radius 1 is 0.917 bits per heavy atom. The molecule has 0 aliphatic carbocycles. The predicted octanol–water partition coefficient (Wildman–Crippen LogP) is 2.44. The van der Waals surface area contributed by atoms with Crippen molar-refractivity contribution in [1.29, 1.82) is 0 Å². The minimum atomic E-state index is -0.435. The lowest BCUT2D eigenvalue weighted by molar-refractivity contribution is -0.132. The van der Waals surface area contributed by atoms with Crippen LogP contribution in [-0.2, 0) is 11.3 Å². The van der Waals surface area contributed by atoms with Crippen molar-refractivity contribution in [2.75, 3.05) is 31.1 Å². The lowest BCUT2D eigenvalue weighted by atomic mass is 10.1. The number of anilines is 1. The van der Waals surface area contributed by atoms with Gasteiger partial charge in [0.05, 0.1) is 11.4 Å². The van der Waals surface area contributed by atoms with E-state index < -0.39 is 5.69 Å². The van der Waals surface area contributed by atoms with Gasteiger partial charge in [-0.25, -0.2) is 27.2 Å². The Kier molecular flexibility index (Phi) is 5.24. The lowest BCUT2D eigenvalue weighted by Crippen LogP contribution is -2.50. The van der Waals surface area contributed by atoms with E-state index in [0.29, 0.717) is 48.7 Å². The first-order chi connectivity index (χ1) is 17.5. The zero-order valence-corrected chi connectivity index (χ0v) is 19.1. The predicted molar refractivity (Wildman–Crippen MR) is 129 cm³/mol. The Balaban J connectivity index is 1.22. The van der Waals surface area contributed by atoms with Gasteiger partial charge >= 0.3 is 5.69 Å². The van der Waals surface area contributed by atoms with Crippen LogP contribution in [0.25, 0.3) is 22.4 Å². The summed E-state index contributed by atoms with van der Waals surface area (Å²) in [5, 5.41) is 8.91. The van der Waals surface area contributed by atoms with Gasteiger partial charge in [-0.05, 0) is 42.5 Å². The Bertz CT molecular complexity index is 1650. The average molecular weight is 489 g/mol. The van der Waals surface area contributed by atoms with E-state index in [1.165, 1.54) is 22.6 Å². The van der Waals surface area contributed by atoms with Gasteiger partial charge in [-0.1, -0.05) is 12.1 Å². The maximum Gasteiger partial charge on any atom is 0.350 e. The topological polar surface area (TPSA) is 80.1 Å². The summed E-state index contributed by atoms with van der Waals surface area (Å²) < 4.78 is 31.5. The van der Waals surface area contributed by atoms with Crippen molar-refractivity contribution in [1.82, 2.24) is 28.7 Å². The summed E-state index contributed by atoms with van der Waals surface area (Å²) >= 11 is 0. The molecule has 5 aromatic rings. The molecule has 1 aliphatic heterocycles. The first-order valence-electron chi connectivity index (χ1n) is 11.5. The van der Waals surface area contributed by atoms with Crippen LogP contribution in [0.2, 0.25) is 0 Å². The lowest BCUT2D eigenvalue weighted by Gasteiger charge is -2.36. The van der Waals surface area contributed by atoms with Gasteiger partial charge in [0.2, 0.25) is 5.91 Å². The van der Waals surface area contributed by atoms with Crippen LogP contribution in [0.5, 0.6) is 0 Å². The first kappa shape index (κ1) is 22.0. The number of carbonyl (C=O) groups is 1. The number of hydrogen-bond acceptors (Lipinski definition) is 5. The fourth-order valence-corrected chi connectivity index (χ4v) is 4.53. The number of para-hydroxylation sites is 1. The highest BCUT2D eigenvalue weighted by Gasteiger charge is 2.24. The maximum atomic E-state index is 14.1. The minimum absolute atomic E-state index is 0.203. The van der Waals surface area contributed by atoms with E-state index >= 15 is 0 Å². The van der Waals surface area contributed by atoms with E-state index in [1.807, 2.05) is 4.90 Å². The van der Waals surface area contributed by atoms with Crippen LogP contribution >= 0.6 is 0 Å².